The maximum atomic E-state index is 3.48. The van der Waals surface area contributed by atoms with Gasteiger partial charge in [-0.2, -0.15) is 0 Å². The molecule has 2 nitrogen and oxygen atoms in total. The lowest BCUT2D eigenvalue weighted by Crippen LogP contribution is -2.42. The maximum absolute atomic E-state index is 3.48. The van der Waals surface area contributed by atoms with E-state index in [0.29, 0.717) is 0 Å². The summed E-state index contributed by atoms with van der Waals surface area (Å²) in [5.41, 5.74) is 0. The van der Waals surface area contributed by atoms with Crippen molar-refractivity contribution in [2.75, 3.05) is 26.7 Å². The lowest BCUT2D eigenvalue weighted by atomic mass is 9.88. The summed E-state index contributed by atoms with van der Waals surface area (Å²) in [6.07, 6.45) is 8.57. The molecule has 0 saturated heterocycles. The van der Waals surface area contributed by atoms with Crippen LogP contribution in [0.15, 0.2) is 0 Å². The minimum absolute atomic E-state index is 0.724. The van der Waals surface area contributed by atoms with Gasteiger partial charge in [-0.3, -0.25) is 0 Å². The Morgan fingerprint density at radius 1 is 1.19 bits per heavy atom. The number of nitrogens with one attached hydrogen (secondary N) is 1. The van der Waals surface area contributed by atoms with E-state index in [1.807, 2.05) is 0 Å². The summed E-state index contributed by atoms with van der Waals surface area (Å²) in [4.78, 5) is 2.58. The fourth-order valence-electron chi connectivity index (χ4n) is 2.85. The molecule has 0 aromatic rings. The van der Waals surface area contributed by atoms with Crippen LogP contribution in [0.3, 0.4) is 0 Å². The summed E-state index contributed by atoms with van der Waals surface area (Å²) in [5, 5.41) is 3.48. The highest BCUT2D eigenvalue weighted by molar-refractivity contribution is 4.74. The fraction of sp³-hybridized carbons (Fsp3) is 1.00. The molecule has 0 bridgehead atoms. The number of rotatable bonds is 7. The van der Waals surface area contributed by atoms with Gasteiger partial charge in [0.1, 0.15) is 0 Å². The van der Waals surface area contributed by atoms with Gasteiger partial charge in [0.2, 0.25) is 0 Å². The number of hydrogen-bond donors (Lipinski definition) is 1. The van der Waals surface area contributed by atoms with E-state index in [0.717, 1.165) is 25.0 Å². The van der Waals surface area contributed by atoms with E-state index < -0.39 is 0 Å². The van der Waals surface area contributed by atoms with E-state index in [1.54, 1.807) is 0 Å². The highest BCUT2D eigenvalue weighted by Crippen LogP contribution is 2.24. The molecule has 1 atom stereocenters. The lowest BCUT2D eigenvalue weighted by molar-refractivity contribution is 0.175. The molecule has 0 spiro atoms. The van der Waals surface area contributed by atoms with Gasteiger partial charge >= 0.3 is 0 Å². The monoisotopic (exact) mass is 226 g/mol. The first-order valence-corrected chi connectivity index (χ1v) is 7.18. The van der Waals surface area contributed by atoms with Crippen LogP contribution in [0.1, 0.15) is 52.4 Å². The first kappa shape index (κ1) is 14.0. The van der Waals surface area contributed by atoms with Gasteiger partial charge in [-0.15, -0.1) is 0 Å². The molecule has 0 aromatic carbocycles. The molecule has 0 heterocycles. The molecule has 0 radical (unpaired) electrons. The molecule has 1 aliphatic carbocycles. The van der Waals surface area contributed by atoms with Gasteiger partial charge in [-0.25, -0.2) is 0 Å². The Balaban J connectivity index is 2.26. The Morgan fingerprint density at radius 2 is 1.88 bits per heavy atom. The molecular formula is C14H30N2. The third-order valence-electron chi connectivity index (χ3n) is 4.00. The van der Waals surface area contributed by atoms with Crippen molar-refractivity contribution in [1.82, 2.24) is 10.2 Å². The third-order valence-corrected chi connectivity index (χ3v) is 4.00. The second kappa shape index (κ2) is 8.08. The molecule has 1 unspecified atom stereocenters. The molecule has 0 amide bonds. The first-order chi connectivity index (χ1) is 7.77. The highest BCUT2D eigenvalue weighted by atomic mass is 15.1. The second-order valence-electron chi connectivity index (χ2n) is 5.31. The van der Waals surface area contributed by atoms with Crippen molar-refractivity contribution in [1.29, 1.82) is 0 Å². The van der Waals surface area contributed by atoms with Crippen molar-refractivity contribution < 1.29 is 0 Å². The second-order valence-corrected chi connectivity index (χ2v) is 5.31. The quantitative estimate of drug-likeness (QED) is 0.718. The minimum atomic E-state index is 0.724. The van der Waals surface area contributed by atoms with Gasteiger partial charge in [0, 0.05) is 19.1 Å². The summed E-state index contributed by atoms with van der Waals surface area (Å²) in [6.45, 7) is 8.04. The summed E-state index contributed by atoms with van der Waals surface area (Å²) < 4.78 is 0. The summed E-state index contributed by atoms with van der Waals surface area (Å²) >= 11 is 0. The zero-order chi connectivity index (χ0) is 11.8. The van der Waals surface area contributed by atoms with E-state index in [2.05, 4.69) is 31.1 Å². The third kappa shape index (κ3) is 4.84. The maximum Gasteiger partial charge on any atom is 0.0215 e. The van der Waals surface area contributed by atoms with Crippen LogP contribution >= 0.6 is 0 Å². The van der Waals surface area contributed by atoms with Gasteiger partial charge in [0.25, 0.3) is 0 Å². The Morgan fingerprint density at radius 3 is 2.44 bits per heavy atom. The molecule has 1 fully saturated rings. The average Bonchev–Trinajstić information content (AvgIpc) is 2.31. The smallest absolute Gasteiger partial charge is 0.0215 e. The van der Waals surface area contributed by atoms with Crippen molar-refractivity contribution >= 4 is 0 Å². The Labute approximate surface area is 102 Å². The predicted molar refractivity (Wildman–Crippen MR) is 71.8 cm³/mol. The Kier molecular flexibility index (Phi) is 7.06. The van der Waals surface area contributed by atoms with E-state index in [9.17, 15) is 0 Å². The van der Waals surface area contributed by atoms with Crippen molar-refractivity contribution in [2.24, 2.45) is 5.92 Å². The number of hydrogen-bond acceptors (Lipinski definition) is 2. The van der Waals surface area contributed by atoms with Crippen molar-refractivity contribution in [3.63, 3.8) is 0 Å². The SMILES string of the molecule is CCNCC(CC)N(C)CC1CCCCC1. The number of nitrogens with zero attached hydrogens (tertiary/aromatic N) is 1. The zero-order valence-electron chi connectivity index (χ0n) is 11.5. The molecular weight excluding hydrogens is 196 g/mol. The van der Waals surface area contributed by atoms with Crippen LogP contribution < -0.4 is 5.32 Å². The largest absolute Gasteiger partial charge is 0.315 e. The molecule has 1 rings (SSSR count). The van der Waals surface area contributed by atoms with Gasteiger partial charge < -0.3 is 10.2 Å². The van der Waals surface area contributed by atoms with Crippen molar-refractivity contribution in [3.8, 4) is 0 Å². The summed E-state index contributed by atoms with van der Waals surface area (Å²) in [6, 6.07) is 0.724. The number of likely N-dealkylation sites (N-methyl/N-ethyl adjacent to an activating group) is 2. The van der Waals surface area contributed by atoms with E-state index in [4.69, 9.17) is 0 Å². The summed E-state index contributed by atoms with van der Waals surface area (Å²) in [7, 11) is 2.31. The molecule has 1 aliphatic rings. The standard InChI is InChI=1S/C14H30N2/c1-4-14(11-15-5-2)16(3)12-13-9-7-6-8-10-13/h13-15H,4-12H2,1-3H3. The molecule has 1 saturated carbocycles. The van der Waals surface area contributed by atoms with Crippen LogP contribution in [0.4, 0.5) is 0 Å². The van der Waals surface area contributed by atoms with Crippen molar-refractivity contribution in [2.45, 2.75) is 58.4 Å². The van der Waals surface area contributed by atoms with Crippen LogP contribution in [0.25, 0.3) is 0 Å². The minimum Gasteiger partial charge on any atom is -0.315 e. The fourth-order valence-corrected chi connectivity index (χ4v) is 2.85. The molecule has 0 aromatic heterocycles. The molecule has 1 N–H and O–H groups in total. The summed E-state index contributed by atoms with van der Waals surface area (Å²) in [5.74, 6) is 0.967. The predicted octanol–water partition coefficient (Wildman–Crippen LogP) is 2.89. The van der Waals surface area contributed by atoms with Crippen LogP contribution in [-0.4, -0.2) is 37.6 Å². The molecule has 16 heavy (non-hydrogen) atoms. The van der Waals surface area contributed by atoms with Gasteiger partial charge in [-0.1, -0.05) is 33.1 Å². The van der Waals surface area contributed by atoms with Crippen LogP contribution in [-0.2, 0) is 0 Å². The van der Waals surface area contributed by atoms with E-state index >= 15 is 0 Å². The Hall–Kier alpha value is -0.0800. The van der Waals surface area contributed by atoms with E-state index in [1.165, 1.54) is 45.1 Å². The normalized spacial score (nSPS) is 20.2. The molecule has 2 heteroatoms. The molecule has 96 valence electrons. The van der Waals surface area contributed by atoms with Crippen LogP contribution in [0, 0.1) is 5.92 Å². The van der Waals surface area contributed by atoms with Gasteiger partial charge in [0.15, 0.2) is 0 Å². The lowest BCUT2D eigenvalue weighted by Gasteiger charge is -2.32. The van der Waals surface area contributed by atoms with Crippen LogP contribution in [0.2, 0.25) is 0 Å². The molecule has 0 aliphatic heterocycles. The van der Waals surface area contributed by atoms with E-state index in [-0.39, 0.29) is 0 Å². The highest BCUT2D eigenvalue weighted by Gasteiger charge is 2.19. The first-order valence-electron chi connectivity index (χ1n) is 7.18. The van der Waals surface area contributed by atoms with Crippen LogP contribution in [0.5, 0.6) is 0 Å². The van der Waals surface area contributed by atoms with Gasteiger partial charge in [-0.05, 0) is 38.8 Å². The zero-order valence-corrected chi connectivity index (χ0v) is 11.5. The topological polar surface area (TPSA) is 15.3 Å². The Bertz CT molecular complexity index is 164. The average molecular weight is 226 g/mol. The van der Waals surface area contributed by atoms with Gasteiger partial charge in [0.05, 0.1) is 0 Å². The van der Waals surface area contributed by atoms with Crippen molar-refractivity contribution in [3.05, 3.63) is 0 Å².